The van der Waals surface area contributed by atoms with E-state index in [-0.39, 0.29) is 5.91 Å². The Bertz CT molecular complexity index is 1280. The monoisotopic (exact) mass is 499 g/mol. The van der Waals surface area contributed by atoms with Gasteiger partial charge in [-0.1, -0.05) is 29.3 Å². The molecular formula is C25H23Cl2N3O2S. The molecule has 33 heavy (non-hydrogen) atoms. The molecule has 0 unspecified atom stereocenters. The highest BCUT2D eigenvalue weighted by molar-refractivity contribution is 8.18. The number of thioether (sulfide) groups is 1. The summed E-state index contributed by atoms with van der Waals surface area (Å²) in [5.74, 6) is 0.706. The molecule has 3 aromatic rings. The Hall–Kier alpha value is -2.67. The normalized spacial score (nSPS) is 16.3. The van der Waals surface area contributed by atoms with Gasteiger partial charge in [0.1, 0.15) is 5.75 Å². The molecule has 0 radical (unpaired) electrons. The molecule has 5 nitrogen and oxygen atoms in total. The van der Waals surface area contributed by atoms with Crippen molar-refractivity contribution in [2.75, 3.05) is 13.7 Å². The highest BCUT2D eigenvalue weighted by atomic mass is 35.5. The number of hydrogen-bond acceptors (Lipinski definition) is 4. The number of ether oxygens (including phenoxy) is 1. The molecule has 0 aliphatic carbocycles. The largest absolute Gasteiger partial charge is 0.497 e. The Morgan fingerprint density at radius 2 is 1.85 bits per heavy atom. The minimum absolute atomic E-state index is 0.0552. The number of methoxy groups -OCH3 is 1. The number of carbonyl (C=O) groups is 1. The summed E-state index contributed by atoms with van der Waals surface area (Å²) in [7, 11) is 1.62. The molecule has 8 heteroatoms. The van der Waals surface area contributed by atoms with Gasteiger partial charge in [-0.15, -0.1) is 0 Å². The van der Waals surface area contributed by atoms with E-state index < -0.39 is 0 Å². The van der Waals surface area contributed by atoms with E-state index in [1.165, 1.54) is 11.8 Å². The van der Waals surface area contributed by atoms with Gasteiger partial charge < -0.3 is 9.30 Å². The van der Waals surface area contributed by atoms with E-state index in [4.69, 9.17) is 32.9 Å². The highest BCUT2D eigenvalue weighted by Gasteiger charge is 2.32. The van der Waals surface area contributed by atoms with Crippen molar-refractivity contribution in [1.82, 2.24) is 9.47 Å². The molecule has 1 amide bonds. The minimum atomic E-state index is -0.0552. The number of nitrogens with zero attached hydrogens (tertiary/aromatic N) is 3. The third-order valence-corrected chi connectivity index (χ3v) is 7.25. The standard InChI is InChI=1S/C25H23Cl2N3O2S/c1-5-29-24(31)22(33-25(29)28-18-9-11-19(32-4)12-10-18)14-17-13-15(2)30(16(17)3)21-8-6-7-20(26)23(21)27/h6-14H,5H2,1-4H3/b22-14+,28-25?. The first kappa shape index (κ1) is 23.5. The zero-order valence-electron chi connectivity index (χ0n) is 18.7. The molecular weight excluding hydrogens is 477 g/mol. The second-order valence-electron chi connectivity index (χ2n) is 7.49. The summed E-state index contributed by atoms with van der Waals surface area (Å²) in [6.07, 6.45) is 1.92. The van der Waals surface area contributed by atoms with E-state index in [2.05, 4.69) is 4.57 Å². The maximum absolute atomic E-state index is 13.1. The van der Waals surface area contributed by atoms with Crippen LogP contribution in [0.2, 0.25) is 10.0 Å². The Kier molecular flexibility index (Phi) is 6.88. The van der Waals surface area contributed by atoms with Crippen LogP contribution in [0, 0.1) is 13.8 Å². The van der Waals surface area contributed by atoms with Crippen LogP contribution in [0.15, 0.2) is 58.4 Å². The maximum atomic E-state index is 13.1. The highest BCUT2D eigenvalue weighted by Crippen LogP contribution is 2.36. The smallest absolute Gasteiger partial charge is 0.266 e. The van der Waals surface area contributed by atoms with E-state index >= 15 is 0 Å². The number of carbonyl (C=O) groups excluding carboxylic acids is 1. The molecule has 0 saturated carbocycles. The summed E-state index contributed by atoms with van der Waals surface area (Å²) in [4.78, 5) is 20.1. The number of aromatic nitrogens is 1. The minimum Gasteiger partial charge on any atom is -0.497 e. The molecule has 0 N–H and O–H groups in total. The molecule has 0 atom stereocenters. The van der Waals surface area contributed by atoms with Crippen LogP contribution in [0.4, 0.5) is 5.69 Å². The first-order valence-electron chi connectivity index (χ1n) is 10.4. The summed E-state index contributed by atoms with van der Waals surface area (Å²) >= 11 is 14.1. The molecule has 170 valence electrons. The Morgan fingerprint density at radius 1 is 1.12 bits per heavy atom. The molecule has 0 spiro atoms. The number of hydrogen-bond donors (Lipinski definition) is 0. The van der Waals surface area contributed by atoms with Crippen LogP contribution in [-0.4, -0.2) is 34.2 Å². The number of aryl methyl sites for hydroxylation is 1. The average molecular weight is 500 g/mol. The van der Waals surface area contributed by atoms with E-state index in [1.54, 1.807) is 18.1 Å². The first-order valence-corrected chi connectivity index (χ1v) is 12.0. The van der Waals surface area contributed by atoms with E-state index in [0.717, 1.165) is 34.1 Å². The number of rotatable bonds is 5. The fraction of sp³-hybridized carbons (Fsp3) is 0.200. The molecule has 2 heterocycles. The van der Waals surface area contributed by atoms with Crippen molar-refractivity contribution in [1.29, 1.82) is 0 Å². The van der Waals surface area contributed by atoms with Gasteiger partial charge in [0, 0.05) is 17.9 Å². The van der Waals surface area contributed by atoms with Crippen LogP contribution < -0.4 is 4.74 Å². The number of aliphatic imine (C=N–C) groups is 1. The second kappa shape index (κ2) is 9.67. The lowest BCUT2D eigenvalue weighted by atomic mass is 10.2. The SMILES string of the molecule is CCN1C(=O)/C(=C\c2cc(C)n(-c3cccc(Cl)c3Cl)c2C)SC1=Nc1ccc(OC)cc1. The molecule has 4 rings (SSSR count). The number of halogens is 2. The van der Waals surface area contributed by atoms with Crippen molar-refractivity contribution in [3.8, 4) is 11.4 Å². The summed E-state index contributed by atoms with van der Waals surface area (Å²) in [6.45, 7) is 6.49. The predicted molar refractivity (Wildman–Crippen MR) is 138 cm³/mol. The fourth-order valence-electron chi connectivity index (χ4n) is 3.75. The molecule has 0 bridgehead atoms. The molecule has 1 aliphatic rings. The van der Waals surface area contributed by atoms with Crippen LogP contribution in [0.1, 0.15) is 23.9 Å². The zero-order valence-corrected chi connectivity index (χ0v) is 21.1. The average Bonchev–Trinajstić information content (AvgIpc) is 3.25. The number of amides is 1. The van der Waals surface area contributed by atoms with Gasteiger partial charge >= 0.3 is 0 Å². The van der Waals surface area contributed by atoms with Crippen LogP contribution >= 0.6 is 35.0 Å². The number of likely N-dealkylation sites (N-methyl/N-ethyl adjacent to an activating group) is 1. The van der Waals surface area contributed by atoms with Crippen LogP contribution in [-0.2, 0) is 4.79 Å². The van der Waals surface area contributed by atoms with Crippen molar-refractivity contribution in [2.45, 2.75) is 20.8 Å². The second-order valence-corrected chi connectivity index (χ2v) is 9.28. The lowest BCUT2D eigenvalue weighted by Gasteiger charge is -2.12. The number of benzene rings is 2. The lowest BCUT2D eigenvalue weighted by molar-refractivity contribution is -0.122. The fourth-order valence-corrected chi connectivity index (χ4v) is 5.18. The van der Waals surface area contributed by atoms with Gasteiger partial charge in [0.25, 0.3) is 5.91 Å². The maximum Gasteiger partial charge on any atom is 0.266 e. The summed E-state index contributed by atoms with van der Waals surface area (Å²) < 4.78 is 7.26. The summed E-state index contributed by atoms with van der Waals surface area (Å²) in [6, 6.07) is 15.1. The molecule has 2 aromatic carbocycles. The van der Waals surface area contributed by atoms with Crippen molar-refractivity contribution in [3.63, 3.8) is 0 Å². The van der Waals surface area contributed by atoms with E-state index in [1.807, 2.05) is 69.3 Å². The Labute approximate surface area is 207 Å². The van der Waals surface area contributed by atoms with Gasteiger partial charge in [0.2, 0.25) is 0 Å². The number of amidine groups is 1. The molecule has 1 fully saturated rings. The Morgan fingerprint density at radius 3 is 2.52 bits per heavy atom. The van der Waals surface area contributed by atoms with Gasteiger partial charge in [0.15, 0.2) is 5.17 Å². The molecule has 1 saturated heterocycles. The van der Waals surface area contributed by atoms with Crippen LogP contribution in [0.5, 0.6) is 5.75 Å². The van der Waals surface area contributed by atoms with Crippen molar-refractivity contribution < 1.29 is 9.53 Å². The van der Waals surface area contributed by atoms with Gasteiger partial charge in [-0.25, -0.2) is 4.99 Å². The Balaban J connectivity index is 1.70. The van der Waals surface area contributed by atoms with Crippen molar-refractivity contribution in [2.24, 2.45) is 4.99 Å². The van der Waals surface area contributed by atoms with Crippen LogP contribution in [0.3, 0.4) is 0 Å². The van der Waals surface area contributed by atoms with E-state index in [0.29, 0.717) is 26.7 Å². The zero-order chi connectivity index (χ0) is 23.7. The van der Waals surface area contributed by atoms with Crippen LogP contribution in [0.25, 0.3) is 11.8 Å². The summed E-state index contributed by atoms with van der Waals surface area (Å²) in [5, 5.41) is 1.66. The molecule has 1 aliphatic heterocycles. The lowest BCUT2D eigenvalue weighted by Crippen LogP contribution is -2.28. The third kappa shape index (κ3) is 4.56. The van der Waals surface area contributed by atoms with Crippen molar-refractivity contribution in [3.05, 3.63) is 80.4 Å². The summed E-state index contributed by atoms with van der Waals surface area (Å²) in [5.41, 5.74) is 4.49. The van der Waals surface area contributed by atoms with E-state index in [9.17, 15) is 4.79 Å². The van der Waals surface area contributed by atoms with Gasteiger partial charge in [0.05, 0.1) is 33.4 Å². The topological polar surface area (TPSA) is 46.8 Å². The van der Waals surface area contributed by atoms with Crippen molar-refractivity contribution >= 4 is 57.8 Å². The predicted octanol–water partition coefficient (Wildman–Crippen LogP) is 7.03. The third-order valence-electron chi connectivity index (χ3n) is 5.43. The van der Waals surface area contributed by atoms with Gasteiger partial charge in [-0.05, 0) is 86.6 Å². The first-order chi connectivity index (χ1) is 15.8. The van der Waals surface area contributed by atoms with Gasteiger partial charge in [-0.3, -0.25) is 9.69 Å². The quantitative estimate of drug-likeness (QED) is 0.353. The molecule has 1 aromatic heterocycles. The van der Waals surface area contributed by atoms with Gasteiger partial charge in [-0.2, -0.15) is 0 Å².